The van der Waals surface area contributed by atoms with Gasteiger partial charge in [0, 0.05) is 48.7 Å². The standard InChI is InChI=1S/C28H25NO7/c30-19-8-4-7-18(13-19)20(14-25(34)29-9-11-35-12-10-29)26-21(31)15-22(32)27-23(33)16-24(36-28(26)27)17-5-2-1-3-6-17/h1-8,13,15-16,20,30-32H,9-12,14H2/t20-/m1/s1. The highest BCUT2D eigenvalue weighted by Gasteiger charge is 2.30. The maximum atomic E-state index is 13.3. The van der Waals surface area contributed by atoms with Gasteiger partial charge in [0.1, 0.15) is 34.0 Å². The maximum Gasteiger partial charge on any atom is 0.223 e. The first-order valence-corrected chi connectivity index (χ1v) is 11.6. The summed E-state index contributed by atoms with van der Waals surface area (Å²) in [5.74, 6) is -1.44. The number of carbonyl (C=O) groups excluding carboxylic acids is 1. The molecule has 0 radical (unpaired) electrons. The van der Waals surface area contributed by atoms with Gasteiger partial charge in [0.15, 0.2) is 5.43 Å². The number of phenols is 3. The van der Waals surface area contributed by atoms with Gasteiger partial charge < -0.3 is 29.4 Å². The monoisotopic (exact) mass is 487 g/mol. The molecule has 5 rings (SSSR count). The van der Waals surface area contributed by atoms with Crippen LogP contribution in [-0.2, 0) is 9.53 Å². The molecule has 1 amide bonds. The molecule has 2 heterocycles. The number of rotatable bonds is 5. The van der Waals surface area contributed by atoms with Crippen molar-refractivity contribution in [3.8, 4) is 28.6 Å². The zero-order valence-electron chi connectivity index (χ0n) is 19.4. The molecule has 0 bridgehead atoms. The predicted octanol–water partition coefficient (Wildman–Crippen LogP) is 3.96. The van der Waals surface area contributed by atoms with E-state index in [2.05, 4.69) is 0 Å². The van der Waals surface area contributed by atoms with Crippen molar-refractivity contribution in [3.05, 3.63) is 88.1 Å². The minimum absolute atomic E-state index is 0.00896. The SMILES string of the molecule is O=C(C[C@H](c1cccc(O)c1)c1c(O)cc(O)c2c(=O)cc(-c3ccccc3)oc12)N1CCOCC1. The Bertz CT molecular complexity index is 1470. The molecule has 36 heavy (non-hydrogen) atoms. The van der Waals surface area contributed by atoms with Crippen LogP contribution in [0.15, 0.2) is 75.9 Å². The Hall–Kier alpha value is -4.30. The first-order valence-electron chi connectivity index (χ1n) is 11.6. The van der Waals surface area contributed by atoms with Crippen LogP contribution in [0.1, 0.15) is 23.5 Å². The first-order chi connectivity index (χ1) is 17.4. The maximum absolute atomic E-state index is 13.3. The van der Waals surface area contributed by atoms with Gasteiger partial charge in [-0.2, -0.15) is 0 Å². The third-order valence-corrected chi connectivity index (χ3v) is 6.42. The van der Waals surface area contributed by atoms with Crippen molar-refractivity contribution in [2.24, 2.45) is 0 Å². The molecule has 0 saturated carbocycles. The van der Waals surface area contributed by atoms with Gasteiger partial charge in [0.25, 0.3) is 0 Å². The summed E-state index contributed by atoms with van der Waals surface area (Å²) in [6, 6.07) is 17.8. The summed E-state index contributed by atoms with van der Waals surface area (Å²) in [4.78, 5) is 28.1. The third kappa shape index (κ3) is 4.50. The Balaban J connectivity index is 1.72. The lowest BCUT2D eigenvalue weighted by atomic mass is 9.85. The molecule has 1 fully saturated rings. The van der Waals surface area contributed by atoms with Gasteiger partial charge >= 0.3 is 0 Å². The lowest BCUT2D eigenvalue weighted by Gasteiger charge is -2.29. The molecule has 1 saturated heterocycles. The van der Waals surface area contributed by atoms with Crippen molar-refractivity contribution < 1.29 is 29.3 Å². The molecule has 0 aliphatic carbocycles. The average Bonchev–Trinajstić information content (AvgIpc) is 2.88. The Morgan fingerprint density at radius 1 is 0.917 bits per heavy atom. The van der Waals surface area contributed by atoms with Crippen molar-refractivity contribution in [3.63, 3.8) is 0 Å². The molecule has 8 nitrogen and oxygen atoms in total. The second-order valence-electron chi connectivity index (χ2n) is 8.72. The van der Waals surface area contributed by atoms with Gasteiger partial charge in [0.05, 0.1) is 13.2 Å². The summed E-state index contributed by atoms with van der Waals surface area (Å²) in [6.07, 6.45) is -0.0594. The van der Waals surface area contributed by atoms with Crippen LogP contribution < -0.4 is 5.43 Å². The molecule has 1 atom stereocenters. The zero-order valence-corrected chi connectivity index (χ0v) is 19.4. The van der Waals surface area contributed by atoms with E-state index in [9.17, 15) is 24.9 Å². The van der Waals surface area contributed by atoms with E-state index in [-0.39, 0.29) is 46.1 Å². The molecular formula is C28H25NO7. The molecule has 1 aromatic heterocycles. The molecular weight excluding hydrogens is 462 g/mol. The molecule has 3 aromatic carbocycles. The third-order valence-electron chi connectivity index (χ3n) is 6.42. The number of phenolic OH excluding ortho intramolecular Hbond substituents is 3. The number of carbonyl (C=O) groups is 1. The van der Waals surface area contributed by atoms with Crippen LogP contribution >= 0.6 is 0 Å². The van der Waals surface area contributed by atoms with E-state index in [0.717, 1.165) is 6.07 Å². The normalized spacial score (nSPS) is 14.6. The number of hydrogen-bond donors (Lipinski definition) is 3. The largest absolute Gasteiger partial charge is 0.508 e. The van der Waals surface area contributed by atoms with Crippen LogP contribution in [0.3, 0.4) is 0 Å². The fourth-order valence-corrected chi connectivity index (χ4v) is 4.65. The molecule has 8 heteroatoms. The van der Waals surface area contributed by atoms with Crippen LogP contribution in [-0.4, -0.2) is 52.4 Å². The van der Waals surface area contributed by atoms with Crippen LogP contribution in [0, 0.1) is 0 Å². The van der Waals surface area contributed by atoms with Gasteiger partial charge in [-0.15, -0.1) is 0 Å². The van der Waals surface area contributed by atoms with Crippen molar-refractivity contribution in [1.29, 1.82) is 0 Å². The van der Waals surface area contributed by atoms with Crippen molar-refractivity contribution in [2.75, 3.05) is 26.3 Å². The van der Waals surface area contributed by atoms with Crippen LogP contribution in [0.25, 0.3) is 22.3 Å². The highest BCUT2D eigenvalue weighted by molar-refractivity contribution is 5.91. The molecule has 4 aromatic rings. The lowest BCUT2D eigenvalue weighted by Crippen LogP contribution is -2.41. The fourth-order valence-electron chi connectivity index (χ4n) is 4.65. The second kappa shape index (κ2) is 9.75. The summed E-state index contributed by atoms with van der Waals surface area (Å²) in [7, 11) is 0. The van der Waals surface area contributed by atoms with Crippen molar-refractivity contribution in [2.45, 2.75) is 12.3 Å². The van der Waals surface area contributed by atoms with Crippen molar-refractivity contribution >= 4 is 16.9 Å². The number of morpholine rings is 1. The highest BCUT2D eigenvalue weighted by Crippen LogP contribution is 2.43. The summed E-state index contributed by atoms with van der Waals surface area (Å²) in [6.45, 7) is 1.76. The minimum atomic E-state index is -0.773. The van der Waals surface area contributed by atoms with E-state index >= 15 is 0 Å². The number of amides is 1. The Kier molecular flexibility index (Phi) is 6.35. The molecule has 184 valence electrons. The predicted molar refractivity (Wildman–Crippen MR) is 133 cm³/mol. The molecule has 0 unspecified atom stereocenters. The van der Waals surface area contributed by atoms with E-state index in [4.69, 9.17) is 9.15 Å². The fraction of sp³-hybridized carbons (Fsp3) is 0.214. The van der Waals surface area contributed by atoms with E-state index in [1.807, 2.05) is 6.07 Å². The quantitative estimate of drug-likeness (QED) is 0.390. The van der Waals surface area contributed by atoms with Crippen LogP contribution in [0.4, 0.5) is 0 Å². The number of nitrogens with zero attached hydrogens (tertiary/aromatic N) is 1. The first kappa shape index (κ1) is 23.4. The number of benzene rings is 3. The molecule has 1 aliphatic rings. The van der Waals surface area contributed by atoms with E-state index < -0.39 is 17.1 Å². The Morgan fingerprint density at radius 2 is 1.67 bits per heavy atom. The summed E-state index contributed by atoms with van der Waals surface area (Å²) in [5.41, 5.74) is 0.880. The smallest absolute Gasteiger partial charge is 0.223 e. The van der Waals surface area contributed by atoms with Gasteiger partial charge in [0.2, 0.25) is 5.91 Å². The van der Waals surface area contributed by atoms with Gasteiger partial charge in [-0.05, 0) is 17.7 Å². The van der Waals surface area contributed by atoms with Crippen molar-refractivity contribution in [1.82, 2.24) is 4.90 Å². The summed E-state index contributed by atoms with van der Waals surface area (Å²) < 4.78 is 11.5. The Morgan fingerprint density at radius 3 is 2.39 bits per heavy atom. The second-order valence-corrected chi connectivity index (χ2v) is 8.72. The van der Waals surface area contributed by atoms with E-state index in [0.29, 0.717) is 37.4 Å². The number of hydrogen-bond acceptors (Lipinski definition) is 7. The van der Waals surface area contributed by atoms with Crippen LogP contribution in [0.2, 0.25) is 0 Å². The summed E-state index contributed by atoms with van der Waals surface area (Å²) in [5, 5.41) is 31.7. The highest BCUT2D eigenvalue weighted by atomic mass is 16.5. The lowest BCUT2D eigenvalue weighted by molar-refractivity contribution is -0.135. The summed E-state index contributed by atoms with van der Waals surface area (Å²) >= 11 is 0. The Labute approximate surface area is 206 Å². The van der Waals surface area contributed by atoms with Gasteiger partial charge in [-0.1, -0.05) is 42.5 Å². The average molecular weight is 488 g/mol. The van der Waals surface area contributed by atoms with Crippen LogP contribution in [0.5, 0.6) is 17.2 Å². The number of ether oxygens (including phenoxy) is 1. The number of fused-ring (bicyclic) bond motifs is 1. The van der Waals surface area contributed by atoms with Gasteiger partial charge in [-0.3, -0.25) is 9.59 Å². The zero-order chi connectivity index (χ0) is 25.2. The molecule has 0 spiro atoms. The molecule has 1 aliphatic heterocycles. The molecule has 3 N–H and O–H groups in total. The van der Waals surface area contributed by atoms with Gasteiger partial charge in [-0.25, -0.2) is 0 Å². The minimum Gasteiger partial charge on any atom is -0.508 e. The van der Waals surface area contributed by atoms with E-state index in [1.165, 1.54) is 18.2 Å². The van der Waals surface area contributed by atoms with E-state index in [1.54, 1.807) is 41.3 Å². The topological polar surface area (TPSA) is 120 Å². The number of aromatic hydroxyl groups is 3.